The van der Waals surface area contributed by atoms with Gasteiger partial charge in [-0.25, -0.2) is 9.59 Å². The van der Waals surface area contributed by atoms with E-state index in [1.54, 1.807) is 20.8 Å². The average Bonchev–Trinajstić information content (AvgIpc) is 2.90. The maximum absolute atomic E-state index is 12.2. The van der Waals surface area contributed by atoms with Gasteiger partial charge in [0.1, 0.15) is 9.88 Å². The second-order valence-corrected chi connectivity index (χ2v) is 6.18. The largest absolute Gasteiger partial charge is 0.462 e. The maximum Gasteiger partial charge on any atom is 0.348 e. The molecule has 26 heavy (non-hydrogen) atoms. The highest BCUT2D eigenvalue weighted by Crippen LogP contribution is 2.34. The van der Waals surface area contributed by atoms with E-state index in [0.29, 0.717) is 12.0 Å². The fraction of sp³-hybridized carbons (Fsp3) is 0.529. The van der Waals surface area contributed by atoms with E-state index in [9.17, 15) is 19.2 Å². The summed E-state index contributed by atoms with van der Waals surface area (Å²) >= 11 is 0.913. The fourth-order valence-corrected chi connectivity index (χ4v) is 3.13. The Morgan fingerprint density at radius 3 is 2.15 bits per heavy atom. The third-order valence-electron chi connectivity index (χ3n) is 3.16. The molecule has 144 valence electrons. The highest BCUT2D eigenvalue weighted by Gasteiger charge is 2.27. The molecule has 0 atom stereocenters. The van der Waals surface area contributed by atoms with Crippen LogP contribution in [0, 0.1) is 6.92 Å². The van der Waals surface area contributed by atoms with Crippen molar-refractivity contribution in [2.75, 3.05) is 25.1 Å². The Kier molecular flexibility index (Phi) is 8.77. The number of anilines is 1. The predicted molar refractivity (Wildman–Crippen MR) is 95.5 cm³/mol. The minimum absolute atomic E-state index is 0.0909. The lowest BCUT2D eigenvalue weighted by Gasteiger charge is -2.07. The third-order valence-corrected chi connectivity index (χ3v) is 4.35. The smallest absolute Gasteiger partial charge is 0.348 e. The summed E-state index contributed by atoms with van der Waals surface area (Å²) in [4.78, 5) is 47.8. The van der Waals surface area contributed by atoms with Gasteiger partial charge in [0, 0.05) is 6.42 Å². The highest BCUT2D eigenvalue weighted by atomic mass is 32.1. The number of hydrogen-bond acceptors (Lipinski definition) is 8. The van der Waals surface area contributed by atoms with Crippen molar-refractivity contribution in [1.82, 2.24) is 0 Å². The van der Waals surface area contributed by atoms with Gasteiger partial charge in [-0.15, -0.1) is 11.3 Å². The van der Waals surface area contributed by atoms with E-state index in [1.807, 2.05) is 6.92 Å². The lowest BCUT2D eigenvalue weighted by atomic mass is 10.1. The topological polar surface area (TPSA) is 108 Å². The molecule has 9 heteroatoms. The molecule has 0 bridgehead atoms. The SMILES string of the molecule is CCCC(=O)OCC(=O)Nc1sc(C(=O)OCC)c(C)c1C(=O)OCC. The first-order valence-electron chi connectivity index (χ1n) is 8.28. The first kappa shape index (κ1) is 21.6. The predicted octanol–water partition coefficient (Wildman–Crippen LogP) is 2.69. The van der Waals surface area contributed by atoms with Crippen molar-refractivity contribution in [3.05, 3.63) is 16.0 Å². The van der Waals surface area contributed by atoms with Gasteiger partial charge in [0.15, 0.2) is 6.61 Å². The standard InChI is InChI=1S/C17H23NO7S/c1-5-8-12(20)25-9-11(19)18-15-13(16(21)23-6-2)10(4)14(26-15)17(22)24-7-3/h5-9H2,1-4H3,(H,18,19). The monoisotopic (exact) mass is 385 g/mol. The summed E-state index contributed by atoms with van der Waals surface area (Å²) in [5.41, 5.74) is 0.457. The van der Waals surface area contributed by atoms with Crippen LogP contribution in [0.4, 0.5) is 5.00 Å². The quantitative estimate of drug-likeness (QED) is 0.514. The summed E-state index contributed by atoms with van der Waals surface area (Å²) in [7, 11) is 0. The Bertz CT molecular complexity index is 681. The first-order chi connectivity index (χ1) is 12.3. The normalized spacial score (nSPS) is 10.2. The number of carbonyl (C=O) groups excluding carboxylic acids is 4. The Morgan fingerprint density at radius 1 is 0.962 bits per heavy atom. The van der Waals surface area contributed by atoms with Crippen molar-refractivity contribution < 1.29 is 33.4 Å². The molecule has 0 fully saturated rings. The molecule has 1 heterocycles. The van der Waals surface area contributed by atoms with Crippen LogP contribution in [0.25, 0.3) is 0 Å². The van der Waals surface area contributed by atoms with Gasteiger partial charge < -0.3 is 19.5 Å². The number of amides is 1. The maximum atomic E-state index is 12.2. The summed E-state index contributed by atoms with van der Waals surface area (Å²) in [6, 6.07) is 0. The molecule has 8 nitrogen and oxygen atoms in total. The van der Waals surface area contributed by atoms with E-state index >= 15 is 0 Å². The Morgan fingerprint density at radius 2 is 1.58 bits per heavy atom. The van der Waals surface area contributed by atoms with Gasteiger partial charge in [0.25, 0.3) is 5.91 Å². The Labute approximate surface area is 155 Å². The van der Waals surface area contributed by atoms with E-state index in [2.05, 4.69) is 5.32 Å². The molecule has 1 N–H and O–H groups in total. The molecule has 0 radical (unpaired) electrons. The minimum atomic E-state index is -0.657. The number of esters is 3. The number of ether oxygens (including phenoxy) is 3. The zero-order valence-electron chi connectivity index (χ0n) is 15.3. The summed E-state index contributed by atoms with van der Waals surface area (Å²) < 4.78 is 14.8. The van der Waals surface area contributed by atoms with Crippen molar-refractivity contribution >= 4 is 40.2 Å². The molecule has 0 spiro atoms. The second-order valence-electron chi connectivity index (χ2n) is 5.16. The van der Waals surface area contributed by atoms with Crippen LogP contribution < -0.4 is 5.32 Å². The van der Waals surface area contributed by atoms with Gasteiger partial charge in [0.05, 0.1) is 18.8 Å². The van der Waals surface area contributed by atoms with Crippen LogP contribution in [0.1, 0.15) is 59.2 Å². The second kappa shape index (κ2) is 10.5. The van der Waals surface area contributed by atoms with Gasteiger partial charge in [-0.05, 0) is 32.8 Å². The number of hydrogen-bond donors (Lipinski definition) is 1. The lowest BCUT2D eigenvalue weighted by Crippen LogP contribution is -2.21. The molecule has 0 aromatic carbocycles. The van der Waals surface area contributed by atoms with E-state index in [0.717, 1.165) is 11.3 Å². The molecule has 1 aromatic heterocycles. The molecule has 0 saturated heterocycles. The van der Waals surface area contributed by atoms with Crippen LogP contribution in [-0.2, 0) is 23.8 Å². The molecule has 0 aliphatic rings. The van der Waals surface area contributed by atoms with E-state index in [-0.39, 0.29) is 35.1 Å². The number of thiophene rings is 1. The lowest BCUT2D eigenvalue weighted by molar-refractivity contribution is -0.147. The molecular formula is C17H23NO7S. The fourth-order valence-electron chi connectivity index (χ4n) is 2.03. The molecule has 0 aliphatic heterocycles. The van der Waals surface area contributed by atoms with Crippen LogP contribution in [0.5, 0.6) is 0 Å². The van der Waals surface area contributed by atoms with Crippen molar-refractivity contribution in [1.29, 1.82) is 0 Å². The van der Waals surface area contributed by atoms with Crippen LogP contribution in [-0.4, -0.2) is 43.6 Å². The average molecular weight is 385 g/mol. The van der Waals surface area contributed by atoms with Crippen LogP contribution in [0.15, 0.2) is 0 Å². The molecular weight excluding hydrogens is 362 g/mol. The third kappa shape index (κ3) is 5.83. The Hall–Kier alpha value is -2.42. The number of nitrogens with one attached hydrogen (secondary N) is 1. The molecule has 0 saturated carbocycles. The highest BCUT2D eigenvalue weighted by molar-refractivity contribution is 7.18. The molecule has 0 aliphatic carbocycles. The summed E-state index contributed by atoms with van der Waals surface area (Å²) in [5.74, 6) is -2.34. The first-order valence-corrected chi connectivity index (χ1v) is 9.10. The van der Waals surface area contributed by atoms with Crippen molar-refractivity contribution in [3.8, 4) is 0 Å². The van der Waals surface area contributed by atoms with Gasteiger partial charge in [-0.2, -0.15) is 0 Å². The van der Waals surface area contributed by atoms with E-state index in [4.69, 9.17) is 14.2 Å². The summed E-state index contributed by atoms with van der Waals surface area (Å²) in [5, 5.41) is 2.65. The zero-order valence-corrected chi connectivity index (χ0v) is 16.1. The number of carbonyl (C=O) groups is 4. The summed E-state index contributed by atoms with van der Waals surface area (Å²) in [6.45, 7) is 6.56. The van der Waals surface area contributed by atoms with Crippen LogP contribution in [0.3, 0.4) is 0 Å². The zero-order chi connectivity index (χ0) is 19.7. The summed E-state index contributed by atoms with van der Waals surface area (Å²) in [6.07, 6.45) is 0.826. The van der Waals surface area contributed by atoms with Gasteiger partial charge >= 0.3 is 17.9 Å². The van der Waals surface area contributed by atoms with Gasteiger partial charge in [-0.3, -0.25) is 9.59 Å². The molecule has 1 rings (SSSR count). The minimum Gasteiger partial charge on any atom is -0.462 e. The van der Waals surface area contributed by atoms with E-state index < -0.39 is 30.4 Å². The van der Waals surface area contributed by atoms with E-state index in [1.165, 1.54) is 0 Å². The number of rotatable bonds is 9. The van der Waals surface area contributed by atoms with Gasteiger partial charge in [0.2, 0.25) is 0 Å². The van der Waals surface area contributed by atoms with Crippen LogP contribution in [0.2, 0.25) is 0 Å². The van der Waals surface area contributed by atoms with Crippen LogP contribution >= 0.6 is 11.3 Å². The van der Waals surface area contributed by atoms with Crippen molar-refractivity contribution in [2.24, 2.45) is 0 Å². The van der Waals surface area contributed by atoms with Gasteiger partial charge in [-0.1, -0.05) is 6.92 Å². The molecule has 1 aromatic rings. The Balaban J connectivity index is 3.02. The molecule has 0 unspecified atom stereocenters. The molecule has 1 amide bonds. The van der Waals surface area contributed by atoms with Crippen molar-refractivity contribution in [2.45, 2.75) is 40.5 Å². The van der Waals surface area contributed by atoms with Crippen molar-refractivity contribution in [3.63, 3.8) is 0 Å².